The average molecular weight is 258 g/mol. The summed E-state index contributed by atoms with van der Waals surface area (Å²) in [6.07, 6.45) is 1.32. The third-order valence-corrected chi connectivity index (χ3v) is 2.92. The first-order chi connectivity index (χ1) is 7.66. The topological polar surface area (TPSA) is 96.7 Å². The third kappa shape index (κ3) is 2.31. The van der Waals surface area contributed by atoms with Gasteiger partial charge in [-0.2, -0.15) is 0 Å². The van der Waals surface area contributed by atoms with Crippen molar-refractivity contribution in [1.29, 1.82) is 0 Å². The van der Waals surface area contributed by atoms with Crippen molar-refractivity contribution in [2.24, 2.45) is 0 Å². The first-order valence-electron chi connectivity index (χ1n) is 4.33. The van der Waals surface area contributed by atoms with E-state index < -0.39 is 0 Å². The van der Waals surface area contributed by atoms with Crippen molar-refractivity contribution in [3.05, 3.63) is 32.1 Å². The van der Waals surface area contributed by atoms with Crippen molar-refractivity contribution in [1.82, 2.24) is 15.0 Å². The van der Waals surface area contributed by atoms with Gasteiger partial charge in [-0.1, -0.05) is 22.9 Å². The molecule has 2 rings (SSSR count). The number of H-pyrrole nitrogens is 1. The number of nitrogens with two attached hydrogens (primary N) is 1. The Labute approximate surface area is 99.5 Å². The summed E-state index contributed by atoms with van der Waals surface area (Å²) in [4.78, 5) is 21.1. The van der Waals surface area contributed by atoms with E-state index in [0.29, 0.717) is 12.4 Å². The summed E-state index contributed by atoms with van der Waals surface area (Å²) in [6.45, 7) is 0.426. The SMILES string of the molecule is Nc1ncnc(NCc2csc(=O)[nH]2)c1Cl. The second-order valence-corrected chi connectivity index (χ2v) is 4.17. The Kier molecular flexibility index (Phi) is 3.07. The minimum absolute atomic E-state index is 0.0925. The lowest BCUT2D eigenvalue weighted by Gasteiger charge is -2.06. The molecule has 0 bridgehead atoms. The molecule has 84 valence electrons. The summed E-state index contributed by atoms with van der Waals surface area (Å²) in [6, 6.07) is 0. The molecule has 0 amide bonds. The summed E-state index contributed by atoms with van der Waals surface area (Å²) in [5, 5.41) is 4.96. The van der Waals surface area contributed by atoms with Gasteiger partial charge < -0.3 is 16.0 Å². The second-order valence-electron chi connectivity index (χ2n) is 2.95. The van der Waals surface area contributed by atoms with Gasteiger partial charge in [0.25, 0.3) is 0 Å². The summed E-state index contributed by atoms with van der Waals surface area (Å²) >= 11 is 6.99. The van der Waals surface area contributed by atoms with E-state index >= 15 is 0 Å². The fraction of sp³-hybridized carbons (Fsp3) is 0.125. The number of halogens is 1. The second kappa shape index (κ2) is 4.50. The van der Waals surface area contributed by atoms with Crippen molar-refractivity contribution in [3.63, 3.8) is 0 Å². The Balaban J connectivity index is 2.10. The van der Waals surface area contributed by atoms with Crippen LogP contribution in [-0.4, -0.2) is 15.0 Å². The number of nitrogens with one attached hydrogen (secondary N) is 2. The van der Waals surface area contributed by atoms with Crippen LogP contribution in [0, 0.1) is 0 Å². The number of hydrogen-bond acceptors (Lipinski definition) is 6. The van der Waals surface area contributed by atoms with Crippen molar-refractivity contribution >= 4 is 34.6 Å². The van der Waals surface area contributed by atoms with Gasteiger partial charge in [0.2, 0.25) is 0 Å². The highest BCUT2D eigenvalue weighted by atomic mass is 35.5. The van der Waals surface area contributed by atoms with Gasteiger partial charge >= 0.3 is 4.87 Å². The molecule has 0 radical (unpaired) electrons. The molecule has 4 N–H and O–H groups in total. The molecule has 2 aromatic rings. The van der Waals surface area contributed by atoms with Gasteiger partial charge in [-0.15, -0.1) is 0 Å². The Morgan fingerprint density at radius 3 is 3.06 bits per heavy atom. The van der Waals surface area contributed by atoms with Crippen LogP contribution >= 0.6 is 22.9 Å². The molecule has 16 heavy (non-hydrogen) atoms. The fourth-order valence-corrected chi connectivity index (χ4v) is 1.83. The molecular weight excluding hydrogens is 250 g/mol. The number of rotatable bonds is 3. The Hall–Kier alpha value is -1.60. The van der Waals surface area contributed by atoms with Crippen molar-refractivity contribution in [3.8, 4) is 0 Å². The maximum Gasteiger partial charge on any atom is 0.304 e. The lowest BCUT2D eigenvalue weighted by molar-refractivity contribution is 1.03. The van der Waals surface area contributed by atoms with E-state index in [-0.39, 0.29) is 15.7 Å². The molecule has 0 unspecified atom stereocenters. The van der Waals surface area contributed by atoms with Gasteiger partial charge in [-0.25, -0.2) is 9.97 Å². The van der Waals surface area contributed by atoms with Gasteiger partial charge in [-0.05, 0) is 0 Å². The lowest BCUT2D eigenvalue weighted by atomic mass is 10.4. The Morgan fingerprint density at radius 2 is 2.38 bits per heavy atom. The van der Waals surface area contributed by atoms with Gasteiger partial charge in [0.05, 0.1) is 6.54 Å². The summed E-state index contributed by atoms with van der Waals surface area (Å²) in [7, 11) is 0. The maximum atomic E-state index is 10.9. The minimum Gasteiger partial charge on any atom is -0.382 e. The summed E-state index contributed by atoms with van der Waals surface area (Å²) in [5.74, 6) is 0.666. The zero-order valence-electron chi connectivity index (χ0n) is 8.03. The standard InChI is InChI=1S/C8H8ClN5OS/c9-5-6(10)12-3-13-7(5)11-1-4-2-16-8(15)14-4/h2-3H,1H2,(H,14,15)(H3,10,11,12,13). The van der Waals surface area contributed by atoms with Gasteiger partial charge in [0.1, 0.15) is 17.2 Å². The zero-order valence-corrected chi connectivity index (χ0v) is 9.60. The average Bonchev–Trinajstić information content (AvgIpc) is 2.67. The smallest absolute Gasteiger partial charge is 0.304 e. The van der Waals surface area contributed by atoms with Gasteiger partial charge in [0.15, 0.2) is 5.82 Å². The molecule has 0 aliphatic heterocycles. The third-order valence-electron chi connectivity index (χ3n) is 1.83. The number of anilines is 2. The van der Waals surface area contributed by atoms with E-state index in [4.69, 9.17) is 17.3 Å². The van der Waals surface area contributed by atoms with Crippen LogP contribution in [0.2, 0.25) is 5.02 Å². The normalized spacial score (nSPS) is 10.3. The van der Waals surface area contributed by atoms with E-state index in [1.165, 1.54) is 6.33 Å². The van der Waals surface area contributed by atoms with Crippen LogP contribution in [0.15, 0.2) is 16.5 Å². The first kappa shape index (κ1) is 10.9. The fourth-order valence-electron chi connectivity index (χ4n) is 1.09. The van der Waals surface area contributed by atoms with Gasteiger partial charge in [0, 0.05) is 11.1 Å². The molecule has 0 aromatic carbocycles. The predicted octanol–water partition coefficient (Wildman–Crippen LogP) is 1.07. The molecule has 0 saturated carbocycles. The molecule has 0 aliphatic rings. The van der Waals surface area contributed by atoms with E-state index in [1.807, 2.05) is 0 Å². The van der Waals surface area contributed by atoms with Crippen molar-refractivity contribution < 1.29 is 0 Å². The molecule has 0 spiro atoms. The van der Waals surface area contributed by atoms with Crippen LogP contribution in [0.4, 0.5) is 11.6 Å². The van der Waals surface area contributed by atoms with Crippen LogP contribution in [0.3, 0.4) is 0 Å². The van der Waals surface area contributed by atoms with Crippen molar-refractivity contribution in [2.75, 3.05) is 11.1 Å². The molecular formula is C8H8ClN5OS. The molecule has 0 aliphatic carbocycles. The molecule has 8 heteroatoms. The van der Waals surface area contributed by atoms with Crippen LogP contribution < -0.4 is 15.9 Å². The monoisotopic (exact) mass is 257 g/mol. The zero-order chi connectivity index (χ0) is 11.5. The van der Waals surface area contributed by atoms with E-state index in [1.54, 1.807) is 5.38 Å². The summed E-state index contributed by atoms with van der Waals surface area (Å²) in [5.41, 5.74) is 6.28. The summed E-state index contributed by atoms with van der Waals surface area (Å²) < 4.78 is 0. The number of aromatic amines is 1. The highest BCUT2D eigenvalue weighted by molar-refractivity contribution is 7.07. The molecule has 0 atom stereocenters. The Bertz CT molecular complexity index is 551. The number of hydrogen-bond donors (Lipinski definition) is 3. The minimum atomic E-state index is -0.0925. The number of nitrogens with zero attached hydrogens (tertiary/aromatic N) is 2. The van der Waals surface area contributed by atoms with Crippen LogP contribution in [0.1, 0.15) is 5.69 Å². The van der Waals surface area contributed by atoms with E-state index in [0.717, 1.165) is 17.0 Å². The van der Waals surface area contributed by atoms with Crippen LogP contribution in [0.25, 0.3) is 0 Å². The Morgan fingerprint density at radius 1 is 1.56 bits per heavy atom. The first-order valence-corrected chi connectivity index (χ1v) is 5.59. The highest BCUT2D eigenvalue weighted by Gasteiger charge is 2.06. The van der Waals surface area contributed by atoms with Crippen LogP contribution in [0.5, 0.6) is 0 Å². The number of aromatic nitrogens is 3. The van der Waals surface area contributed by atoms with E-state index in [2.05, 4.69) is 20.3 Å². The number of nitrogen functional groups attached to an aromatic ring is 1. The van der Waals surface area contributed by atoms with Gasteiger partial charge in [-0.3, -0.25) is 4.79 Å². The molecule has 0 saturated heterocycles. The van der Waals surface area contributed by atoms with E-state index in [9.17, 15) is 4.79 Å². The highest BCUT2D eigenvalue weighted by Crippen LogP contribution is 2.23. The van der Waals surface area contributed by atoms with Crippen molar-refractivity contribution in [2.45, 2.75) is 6.54 Å². The molecule has 2 heterocycles. The largest absolute Gasteiger partial charge is 0.382 e. The molecule has 6 nitrogen and oxygen atoms in total. The maximum absolute atomic E-state index is 10.9. The lowest BCUT2D eigenvalue weighted by Crippen LogP contribution is -2.06. The molecule has 0 fully saturated rings. The number of thiazole rings is 1. The predicted molar refractivity (Wildman–Crippen MR) is 63.7 cm³/mol. The molecule has 2 aromatic heterocycles. The van der Waals surface area contributed by atoms with Crippen LogP contribution in [-0.2, 0) is 6.54 Å². The quantitative estimate of drug-likeness (QED) is 0.764.